The van der Waals surface area contributed by atoms with Crippen LogP contribution in [0.4, 0.5) is 0 Å². The molecule has 4 nitrogen and oxygen atoms in total. The molecule has 2 rings (SSSR count). The first kappa shape index (κ1) is 11.0. The Morgan fingerprint density at radius 2 is 2.44 bits per heavy atom. The Labute approximate surface area is 94.7 Å². The van der Waals surface area contributed by atoms with E-state index in [1.807, 2.05) is 18.2 Å². The molecule has 1 aromatic heterocycles. The van der Waals surface area contributed by atoms with Gasteiger partial charge in [0.15, 0.2) is 0 Å². The Hall–Kier alpha value is -1.55. The van der Waals surface area contributed by atoms with Gasteiger partial charge in [-0.1, -0.05) is 12.2 Å². The van der Waals surface area contributed by atoms with Gasteiger partial charge < -0.3 is 15.1 Å². The van der Waals surface area contributed by atoms with Crippen LogP contribution >= 0.6 is 0 Å². The summed E-state index contributed by atoms with van der Waals surface area (Å²) in [6.45, 7) is 0.578. The van der Waals surface area contributed by atoms with Gasteiger partial charge in [0.2, 0.25) is 5.91 Å². The first-order valence-corrected chi connectivity index (χ1v) is 5.37. The van der Waals surface area contributed by atoms with E-state index in [4.69, 9.17) is 10.2 Å². The summed E-state index contributed by atoms with van der Waals surface area (Å²) in [5.41, 5.74) is 6.73. The maximum Gasteiger partial charge on any atom is 0.229 e. The van der Waals surface area contributed by atoms with Crippen molar-refractivity contribution in [2.45, 2.75) is 19.0 Å². The fourth-order valence-electron chi connectivity index (χ4n) is 1.93. The van der Waals surface area contributed by atoms with Crippen LogP contribution in [-0.4, -0.2) is 23.9 Å². The van der Waals surface area contributed by atoms with Crippen LogP contribution in [-0.2, 0) is 11.3 Å². The third-order valence-corrected chi connectivity index (χ3v) is 2.81. The van der Waals surface area contributed by atoms with Crippen LogP contribution < -0.4 is 5.73 Å². The zero-order chi connectivity index (χ0) is 11.5. The summed E-state index contributed by atoms with van der Waals surface area (Å²) >= 11 is 0. The van der Waals surface area contributed by atoms with Gasteiger partial charge in [-0.2, -0.15) is 0 Å². The number of nitrogens with zero attached hydrogens (tertiary/aromatic N) is 1. The molecular formula is C12H16N2O2. The first-order chi connectivity index (χ1) is 7.66. The molecule has 0 fully saturated rings. The smallest absolute Gasteiger partial charge is 0.229 e. The lowest BCUT2D eigenvalue weighted by atomic mass is 10.1. The molecule has 2 unspecified atom stereocenters. The fourth-order valence-corrected chi connectivity index (χ4v) is 1.93. The fraction of sp³-hybridized carbons (Fsp3) is 0.417. The second-order valence-electron chi connectivity index (χ2n) is 4.22. The lowest BCUT2D eigenvalue weighted by molar-refractivity contribution is -0.133. The van der Waals surface area contributed by atoms with Crippen LogP contribution in [0.5, 0.6) is 0 Å². The van der Waals surface area contributed by atoms with E-state index in [-0.39, 0.29) is 17.9 Å². The molecule has 2 atom stereocenters. The molecule has 16 heavy (non-hydrogen) atoms. The Kier molecular flexibility index (Phi) is 3.10. The number of hydrogen-bond acceptors (Lipinski definition) is 3. The van der Waals surface area contributed by atoms with Crippen LogP contribution in [0.1, 0.15) is 12.0 Å². The van der Waals surface area contributed by atoms with E-state index in [1.165, 1.54) is 0 Å². The molecular weight excluding hydrogens is 204 g/mol. The van der Waals surface area contributed by atoms with Crippen molar-refractivity contribution in [1.29, 1.82) is 0 Å². The molecule has 1 amide bonds. The van der Waals surface area contributed by atoms with E-state index in [0.717, 1.165) is 5.56 Å². The summed E-state index contributed by atoms with van der Waals surface area (Å²) < 4.78 is 4.97. The van der Waals surface area contributed by atoms with Crippen LogP contribution in [0, 0.1) is 5.92 Å². The maximum absolute atomic E-state index is 12.0. The topological polar surface area (TPSA) is 59.5 Å². The summed E-state index contributed by atoms with van der Waals surface area (Å²) in [5.74, 6) is 0.0531. The lowest BCUT2D eigenvalue weighted by Crippen LogP contribution is -2.32. The summed E-state index contributed by atoms with van der Waals surface area (Å²) in [7, 11) is 1.80. The van der Waals surface area contributed by atoms with E-state index < -0.39 is 0 Å². The molecule has 1 aromatic rings. The molecule has 0 aromatic carbocycles. The highest BCUT2D eigenvalue weighted by atomic mass is 16.3. The Morgan fingerprint density at radius 1 is 1.62 bits per heavy atom. The number of carbonyl (C=O) groups is 1. The largest absolute Gasteiger partial charge is 0.472 e. The van der Waals surface area contributed by atoms with Gasteiger partial charge in [0.25, 0.3) is 0 Å². The van der Waals surface area contributed by atoms with Gasteiger partial charge in [0, 0.05) is 25.2 Å². The molecule has 0 aliphatic heterocycles. The van der Waals surface area contributed by atoms with Crippen LogP contribution in [0.15, 0.2) is 35.2 Å². The molecule has 0 saturated heterocycles. The van der Waals surface area contributed by atoms with Crippen molar-refractivity contribution in [2.75, 3.05) is 7.05 Å². The van der Waals surface area contributed by atoms with Crippen molar-refractivity contribution < 1.29 is 9.21 Å². The van der Waals surface area contributed by atoms with E-state index in [9.17, 15) is 4.79 Å². The highest BCUT2D eigenvalue weighted by Gasteiger charge is 2.25. The summed E-state index contributed by atoms with van der Waals surface area (Å²) in [6, 6.07) is 1.89. The standard InChI is InChI=1S/C12H16N2O2/c1-14(7-9-4-5-16-8-9)12(15)10-2-3-11(13)6-10/h2-5,8,10-11H,6-7,13H2,1H3. The molecule has 4 heteroatoms. The molecule has 1 aliphatic carbocycles. The second kappa shape index (κ2) is 4.53. The molecule has 0 saturated carbocycles. The average molecular weight is 220 g/mol. The lowest BCUT2D eigenvalue weighted by Gasteiger charge is -2.19. The number of furan rings is 1. The summed E-state index contributed by atoms with van der Waals surface area (Å²) in [4.78, 5) is 13.7. The minimum atomic E-state index is -0.0631. The number of hydrogen-bond donors (Lipinski definition) is 1. The van der Waals surface area contributed by atoms with Crippen LogP contribution in [0.2, 0.25) is 0 Å². The molecule has 0 spiro atoms. The van der Waals surface area contributed by atoms with Crippen LogP contribution in [0.3, 0.4) is 0 Å². The second-order valence-corrected chi connectivity index (χ2v) is 4.22. The Balaban J connectivity index is 1.92. The minimum Gasteiger partial charge on any atom is -0.472 e. The number of nitrogens with two attached hydrogens (primary N) is 1. The van der Waals surface area contributed by atoms with Gasteiger partial charge in [-0.15, -0.1) is 0 Å². The predicted octanol–water partition coefficient (Wildman–Crippen LogP) is 1.14. The quantitative estimate of drug-likeness (QED) is 0.777. The zero-order valence-electron chi connectivity index (χ0n) is 9.30. The van der Waals surface area contributed by atoms with Gasteiger partial charge >= 0.3 is 0 Å². The van der Waals surface area contributed by atoms with E-state index in [2.05, 4.69) is 0 Å². The van der Waals surface area contributed by atoms with Gasteiger partial charge in [0.1, 0.15) is 0 Å². The van der Waals surface area contributed by atoms with E-state index in [1.54, 1.807) is 24.5 Å². The highest BCUT2D eigenvalue weighted by molar-refractivity contribution is 5.81. The van der Waals surface area contributed by atoms with Crippen molar-refractivity contribution >= 4 is 5.91 Å². The summed E-state index contributed by atoms with van der Waals surface area (Å²) in [6.07, 6.45) is 7.78. The van der Waals surface area contributed by atoms with E-state index >= 15 is 0 Å². The molecule has 0 bridgehead atoms. The number of amides is 1. The highest BCUT2D eigenvalue weighted by Crippen LogP contribution is 2.19. The van der Waals surface area contributed by atoms with Crippen molar-refractivity contribution in [2.24, 2.45) is 11.7 Å². The molecule has 86 valence electrons. The molecule has 1 heterocycles. The van der Waals surface area contributed by atoms with Gasteiger partial charge in [-0.25, -0.2) is 0 Å². The third-order valence-electron chi connectivity index (χ3n) is 2.81. The van der Waals surface area contributed by atoms with Gasteiger partial charge in [-0.3, -0.25) is 4.79 Å². The van der Waals surface area contributed by atoms with E-state index in [0.29, 0.717) is 13.0 Å². The average Bonchev–Trinajstić information content (AvgIpc) is 2.88. The van der Waals surface area contributed by atoms with Crippen molar-refractivity contribution in [3.8, 4) is 0 Å². The van der Waals surface area contributed by atoms with Gasteiger partial charge in [-0.05, 0) is 12.5 Å². The molecule has 0 radical (unpaired) electrons. The van der Waals surface area contributed by atoms with Crippen molar-refractivity contribution in [1.82, 2.24) is 4.90 Å². The van der Waals surface area contributed by atoms with Crippen molar-refractivity contribution in [3.63, 3.8) is 0 Å². The van der Waals surface area contributed by atoms with Crippen molar-refractivity contribution in [3.05, 3.63) is 36.3 Å². The predicted molar refractivity (Wildman–Crippen MR) is 60.4 cm³/mol. The Bertz CT molecular complexity index is 384. The normalized spacial score (nSPS) is 23.6. The third kappa shape index (κ3) is 2.33. The number of rotatable bonds is 3. The van der Waals surface area contributed by atoms with Gasteiger partial charge in [0.05, 0.1) is 18.4 Å². The SMILES string of the molecule is CN(Cc1ccoc1)C(=O)C1C=CC(N)C1. The number of carbonyl (C=O) groups excluding carboxylic acids is 1. The Morgan fingerprint density at radius 3 is 3.00 bits per heavy atom. The van der Waals surface area contributed by atoms with Crippen LogP contribution in [0.25, 0.3) is 0 Å². The maximum atomic E-state index is 12.0. The monoisotopic (exact) mass is 220 g/mol. The molecule has 1 aliphatic rings. The minimum absolute atomic E-state index is 0.0243. The first-order valence-electron chi connectivity index (χ1n) is 5.37. The zero-order valence-corrected chi connectivity index (χ0v) is 9.30. The summed E-state index contributed by atoms with van der Waals surface area (Å²) in [5, 5.41) is 0. The molecule has 2 N–H and O–H groups in total.